The van der Waals surface area contributed by atoms with Crippen molar-refractivity contribution < 1.29 is 34.1 Å². The molecule has 0 saturated carbocycles. The van der Waals surface area contributed by atoms with E-state index in [2.05, 4.69) is 10.6 Å². The van der Waals surface area contributed by atoms with Crippen LogP contribution in [0.2, 0.25) is 0 Å². The van der Waals surface area contributed by atoms with Crippen molar-refractivity contribution in [2.75, 3.05) is 26.4 Å². The zero-order valence-electron chi connectivity index (χ0n) is 20.1. The van der Waals surface area contributed by atoms with Gasteiger partial charge in [0.05, 0.1) is 32.5 Å². The van der Waals surface area contributed by atoms with E-state index in [0.29, 0.717) is 32.3 Å². The van der Waals surface area contributed by atoms with E-state index in [1.54, 1.807) is 0 Å². The fraction of sp³-hybridized carbons (Fsp3) is 0.640. The number of ketones is 1. The second kappa shape index (κ2) is 11.3. The monoisotopic (exact) mass is 476 g/mol. The molecule has 1 fully saturated rings. The predicted molar refractivity (Wildman–Crippen MR) is 124 cm³/mol. The summed E-state index contributed by atoms with van der Waals surface area (Å²) in [5.41, 5.74) is 0.893. The van der Waals surface area contributed by atoms with E-state index >= 15 is 0 Å². The molecule has 1 saturated heterocycles. The number of aliphatic hydroxyl groups is 2. The Morgan fingerprint density at radius 2 is 1.94 bits per heavy atom. The summed E-state index contributed by atoms with van der Waals surface area (Å²) in [5, 5.41) is 24.6. The number of epoxide rings is 1. The molecule has 4 N–H and O–H groups in total. The molecule has 0 spiro atoms. The Morgan fingerprint density at radius 3 is 2.53 bits per heavy atom. The van der Waals surface area contributed by atoms with Crippen molar-refractivity contribution in [1.29, 1.82) is 0 Å². The van der Waals surface area contributed by atoms with Crippen LogP contribution >= 0.6 is 0 Å². The zero-order valence-corrected chi connectivity index (χ0v) is 20.1. The number of carbonyl (C=O) groups is 3. The van der Waals surface area contributed by atoms with Gasteiger partial charge in [0.1, 0.15) is 11.8 Å². The summed E-state index contributed by atoms with van der Waals surface area (Å²) in [6, 6.07) is 3.75. The lowest BCUT2D eigenvalue weighted by atomic mass is 9.83. The standard InChI is InChI=1S/C25H36N2O7/c1-4-33-21-7-5-6-16-11-17(8-9-18(16)21)23(31)27-20(12-28)24(32)26-19(10-15(2)3)22(30)25(13-29)14-34-25/h5-7,15,17,19-20,28-29H,4,8-14H2,1-3H3,(H,26,32)(H,27,31)/t17?,19-,20-,25+/m0/s1. The van der Waals surface area contributed by atoms with Crippen molar-refractivity contribution in [3.63, 3.8) is 0 Å². The van der Waals surface area contributed by atoms with Gasteiger partial charge in [-0.25, -0.2) is 0 Å². The van der Waals surface area contributed by atoms with Crippen LogP contribution in [0.25, 0.3) is 0 Å². The molecule has 1 heterocycles. The molecule has 1 aromatic carbocycles. The number of ether oxygens (including phenoxy) is 2. The van der Waals surface area contributed by atoms with Crippen LogP contribution < -0.4 is 15.4 Å². The molecule has 9 nitrogen and oxygen atoms in total. The molecule has 1 aromatic rings. The van der Waals surface area contributed by atoms with Gasteiger partial charge >= 0.3 is 0 Å². The van der Waals surface area contributed by atoms with E-state index in [9.17, 15) is 24.6 Å². The van der Waals surface area contributed by atoms with Crippen LogP contribution in [0.5, 0.6) is 5.75 Å². The number of hydrogen-bond donors (Lipinski definition) is 4. The lowest BCUT2D eigenvalue weighted by Crippen LogP contribution is -2.56. The van der Waals surface area contributed by atoms with Gasteiger partial charge in [-0.2, -0.15) is 0 Å². The minimum atomic E-state index is -1.26. The number of fused-ring (bicyclic) bond motifs is 1. The van der Waals surface area contributed by atoms with Gasteiger partial charge in [-0.3, -0.25) is 14.4 Å². The number of nitrogens with one attached hydrogen (secondary N) is 2. The molecule has 0 aromatic heterocycles. The van der Waals surface area contributed by atoms with E-state index in [4.69, 9.17) is 9.47 Å². The van der Waals surface area contributed by atoms with Crippen LogP contribution in [0.1, 0.15) is 44.7 Å². The molecule has 34 heavy (non-hydrogen) atoms. The molecule has 0 bridgehead atoms. The largest absolute Gasteiger partial charge is 0.494 e. The van der Waals surface area contributed by atoms with E-state index in [-0.39, 0.29) is 24.3 Å². The third-order valence-corrected chi connectivity index (χ3v) is 6.46. The van der Waals surface area contributed by atoms with Crippen molar-refractivity contribution in [3.8, 4) is 5.75 Å². The first kappa shape index (κ1) is 26.1. The topological polar surface area (TPSA) is 137 Å². The summed E-state index contributed by atoms with van der Waals surface area (Å²) >= 11 is 0. The Labute approximate surface area is 200 Å². The van der Waals surface area contributed by atoms with Crippen molar-refractivity contribution in [1.82, 2.24) is 10.6 Å². The number of aliphatic hydroxyl groups excluding tert-OH is 2. The minimum Gasteiger partial charge on any atom is -0.494 e. The highest BCUT2D eigenvalue weighted by Crippen LogP contribution is 2.33. The molecule has 2 amide bonds. The molecular weight excluding hydrogens is 440 g/mol. The van der Waals surface area contributed by atoms with Crippen molar-refractivity contribution in [2.24, 2.45) is 11.8 Å². The SMILES string of the molecule is CCOc1cccc2c1CCC(C(=O)N[C@@H](CO)C(=O)N[C@@H](CC(C)C)C(=O)[C@@]1(CO)CO1)C2. The second-order valence-corrected chi connectivity index (χ2v) is 9.51. The molecule has 9 heteroatoms. The van der Waals surface area contributed by atoms with Gasteiger partial charge < -0.3 is 30.3 Å². The maximum Gasteiger partial charge on any atom is 0.245 e. The lowest BCUT2D eigenvalue weighted by molar-refractivity contribution is -0.135. The van der Waals surface area contributed by atoms with E-state index in [1.807, 2.05) is 39.0 Å². The molecule has 1 unspecified atom stereocenters. The molecule has 4 atom stereocenters. The fourth-order valence-electron chi connectivity index (χ4n) is 4.46. The number of Topliss-reactive ketones (excluding diaryl/α,β-unsaturated/α-hetero) is 1. The van der Waals surface area contributed by atoms with Crippen molar-refractivity contribution in [2.45, 2.75) is 64.1 Å². The average Bonchev–Trinajstić information content (AvgIpc) is 3.62. The molecular formula is C25H36N2O7. The third kappa shape index (κ3) is 5.95. The van der Waals surface area contributed by atoms with Crippen molar-refractivity contribution >= 4 is 17.6 Å². The van der Waals surface area contributed by atoms with Crippen LogP contribution in [0.4, 0.5) is 0 Å². The van der Waals surface area contributed by atoms with Crippen LogP contribution in [0.3, 0.4) is 0 Å². The maximum absolute atomic E-state index is 13.0. The van der Waals surface area contributed by atoms with E-state index < -0.39 is 42.6 Å². The van der Waals surface area contributed by atoms with E-state index in [0.717, 1.165) is 16.9 Å². The lowest BCUT2D eigenvalue weighted by Gasteiger charge is -2.28. The van der Waals surface area contributed by atoms with Gasteiger partial charge in [0.25, 0.3) is 0 Å². The normalized spacial score (nSPS) is 22.9. The van der Waals surface area contributed by atoms with Gasteiger partial charge in [0.2, 0.25) is 11.8 Å². The van der Waals surface area contributed by atoms with Crippen LogP contribution in [-0.4, -0.2) is 71.9 Å². The number of carbonyl (C=O) groups excluding carboxylic acids is 3. The molecule has 188 valence electrons. The summed E-state index contributed by atoms with van der Waals surface area (Å²) in [5.74, 6) is -0.752. The first-order valence-corrected chi connectivity index (χ1v) is 12.0. The molecule has 0 radical (unpaired) electrons. The number of amides is 2. The highest BCUT2D eigenvalue weighted by atomic mass is 16.6. The fourth-order valence-corrected chi connectivity index (χ4v) is 4.46. The summed E-state index contributed by atoms with van der Waals surface area (Å²) in [6.07, 6.45) is 2.16. The first-order chi connectivity index (χ1) is 16.2. The predicted octanol–water partition coefficient (Wildman–Crippen LogP) is 0.529. The summed E-state index contributed by atoms with van der Waals surface area (Å²) in [4.78, 5) is 38.7. The van der Waals surface area contributed by atoms with Gasteiger partial charge in [0, 0.05) is 5.92 Å². The molecule has 1 aliphatic heterocycles. The Bertz CT molecular complexity index is 897. The van der Waals surface area contributed by atoms with E-state index in [1.165, 1.54) is 0 Å². The van der Waals surface area contributed by atoms with Gasteiger partial charge in [-0.1, -0.05) is 26.0 Å². The Hall–Kier alpha value is -2.49. The zero-order chi connectivity index (χ0) is 24.9. The summed E-state index contributed by atoms with van der Waals surface area (Å²) in [6.45, 7) is 5.38. The third-order valence-electron chi connectivity index (χ3n) is 6.46. The maximum atomic E-state index is 13.0. The smallest absolute Gasteiger partial charge is 0.245 e. The van der Waals surface area contributed by atoms with Gasteiger partial charge in [-0.05, 0) is 55.7 Å². The van der Waals surface area contributed by atoms with Gasteiger partial charge in [-0.15, -0.1) is 0 Å². The summed E-state index contributed by atoms with van der Waals surface area (Å²) in [7, 11) is 0. The second-order valence-electron chi connectivity index (χ2n) is 9.51. The number of hydrogen-bond acceptors (Lipinski definition) is 7. The Balaban J connectivity index is 1.63. The molecule has 1 aliphatic carbocycles. The van der Waals surface area contributed by atoms with Crippen molar-refractivity contribution in [3.05, 3.63) is 29.3 Å². The highest BCUT2D eigenvalue weighted by molar-refractivity contribution is 5.98. The van der Waals surface area contributed by atoms with Gasteiger partial charge in [0.15, 0.2) is 11.4 Å². The number of rotatable bonds is 12. The van der Waals surface area contributed by atoms with Crippen LogP contribution in [0.15, 0.2) is 18.2 Å². The Kier molecular flexibility index (Phi) is 8.67. The van der Waals surface area contributed by atoms with Crippen LogP contribution in [-0.2, 0) is 32.0 Å². The molecule has 2 aliphatic rings. The molecule has 3 rings (SSSR count). The average molecular weight is 477 g/mol. The Morgan fingerprint density at radius 1 is 1.21 bits per heavy atom. The minimum absolute atomic E-state index is 0.0924. The first-order valence-electron chi connectivity index (χ1n) is 12.0. The quantitative estimate of drug-likeness (QED) is 0.323. The van der Waals surface area contributed by atoms with Crippen LogP contribution in [0, 0.1) is 11.8 Å². The highest BCUT2D eigenvalue weighted by Gasteiger charge is 2.54. The summed E-state index contributed by atoms with van der Waals surface area (Å²) < 4.78 is 10.9. The number of benzene rings is 1.